The van der Waals surface area contributed by atoms with Crippen LogP contribution in [-0.2, 0) is 4.79 Å². The van der Waals surface area contributed by atoms with E-state index in [1.54, 1.807) is 0 Å². The zero-order valence-electron chi connectivity index (χ0n) is 9.39. The predicted molar refractivity (Wildman–Crippen MR) is 57.1 cm³/mol. The van der Waals surface area contributed by atoms with Gasteiger partial charge in [0.05, 0.1) is 18.7 Å². The van der Waals surface area contributed by atoms with Gasteiger partial charge in [0.2, 0.25) is 5.91 Å². The van der Waals surface area contributed by atoms with Gasteiger partial charge in [-0.15, -0.1) is 0 Å². The predicted octanol–water partition coefficient (Wildman–Crippen LogP) is 0.263. The molecule has 0 saturated carbocycles. The number of nitrogens with one attached hydrogen (secondary N) is 2. The van der Waals surface area contributed by atoms with Gasteiger partial charge >= 0.3 is 0 Å². The highest BCUT2D eigenvalue weighted by atomic mass is 16.3. The lowest BCUT2D eigenvalue weighted by atomic mass is 9.94. The van der Waals surface area contributed by atoms with Crippen LogP contribution in [0.3, 0.4) is 0 Å². The molecule has 4 nitrogen and oxygen atoms in total. The molecule has 0 aromatic heterocycles. The second-order valence-electron chi connectivity index (χ2n) is 3.47. The zero-order valence-corrected chi connectivity index (χ0v) is 9.39. The van der Waals surface area contributed by atoms with Gasteiger partial charge in [0.15, 0.2) is 0 Å². The molecule has 0 aliphatic heterocycles. The molecule has 0 unspecified atom stereocenters. The molecule has 84 valence electrons. The molecule has 0 aliphatic carbocycles. The summed E-state index contributed by atoms with van der Waals surface area (Å²) in [5.41, 5.74) is -0.438. The number of rotatable bonds is 7. The van der Waals surface area contributed by atoms with Crippen molar-refractivity contribution in [3.8, 4) is 0 Å². The highest BCUT2D eigenvalue weighted by molar-refractivity contribution is 5.78. The second-order valence-corrected chi connectivity index (χ2v) is 3.47. The van der Waals surface area contributed by atoms with Crippen LogP contribution in [0.5, 0.6) is 0 Å². The maximum atomic E-state index is 11.4. The van der Waals surface area contributed by atoms with Crippen molar-refractivity contribution >= 4 is 5.91 Å². The Balaban J connectivity index is 4.08. The molecular formula is C10H22N2O2. The number of hydrogen-bond acceptors (Lipinski definition) is 3. The zero-order chi connectivity index (χ0) is 11.0. The average Bonchev–Trinajstić information content (AvgIpc) is 2.23. The summed E-state index contributed by atoms with van der Waals surface area (Å²) < 4.78 is 0. The topological polar surface area (TPSA) is 61.4 Å². The van der Waals surface area contributed by atoms with Gasteiger partial charge in [-0.05, 0) is 19.4 Å². The van der Waals surface area contributed by atoms with Gasteiger partial charge in [0.25, 0.3) is 0 Å². The molecule has 0 rings (SSSR count). The Kier molecular flexibility index (Phi) is 6.49. The fourth-order valence-electron chi connectivity index (χ4n) is 1.27. The Morgan fingerprint density at radius 1 is 1.29 bits per heavy atom. The molecule has 0 aromatic carbocycles. The van der Waals surface area contributed by atoms with Gasteiger partial charge < -0.3 is 15.7 Å². The highest BCUT2D eigenvalue weighted by Gasteiger charge is 2.26. The molecule has 0 radical (unpaired) electrons. The molecule has 0 aliphatic rings. The molecule has 1 amide bonds. The van der Waals surface area contributed by atoms with Crippen LogP contribution in [0.1, 0.15) is 33.6 Å². The third-order valence-electron chi connectivity index (χ3n) is 2.60. The van der Waals surface area contributed by atoms with E-state index in [9.17, 15) is 9.90 Å². The van der Waals surface area contributed by atoms with Gasteiger partial charge in [-0.1, -0.05) is 20.8 Å². The molecule has 3 N–H and O–H groups in total. The van der Waals surface area contributed by atoms with Gasteiger partial charge in [0, 0.05) is 0 Å². The lowest BCUT2D eigenvalue weighted by Gasteiger charge is -2.30. The second kappa shape index (κ2) is 6.79. The van der Waals surface area contributed by atoms with Gasteiger partial charge in [-0.25, -0.2) is 0 Å². The van der Waals surface area contributed by atoms with Gasteiger partial charge in [-0.2, -0.15) is 0 Å². The number of aliphatic hydroxyl groups is 1. The van der Waals surface area contributed by atoms with Crippen molar-refractivity contribution in [3.63, 3.8) is 0 Å². The van der Waals surface area contributed by atoms with Crippen LogP contribution in [0.25, 0.3) is 0 Å². The van der Waals surface area contributed by atoms with E-state index in [2.05, 4.69) is 10.6 Å². The Bertz CT molecular complexity index is 159. The molecule has 0 bridgehead atoms. The van der Waals surface area contributed by atoms with Crippen molar-refractivity contribution in [3.05, 3.63) is 0 Å². The van der Waals surface area contributed by atoms with E-state index in [-0.39, 0.29) is 12.5 Å². The summed E-state index contributed by atoms with van der Waals surface area (Å²) in [5, 5.41) is 15.0. The molecule has 0 saturated heterocycles. The van der Waals surface area contributed by atoms with E-state index in [4.69, 9.17) is 0 Å². The quantitative estimate of drug-likeness (QED) is 0.555. The molecule has 0 spiro atoms. The van der Waals surface area contributed by atoms with Crippen LogP contribution in [0, 0.1) is 0 Å². The summed E-state index contributed by atoms with van der Waals surface area (Å²) in [6, 6.07) is 0. The van der Waals surface area contributed by atoms with Crippen molar-refractivity contribution in [2.75, 3.05) is 19.7 Å². The minimum absolute atomic E-state index is 0.00212. The number of aliphatic hydroxyl groups excluding tert-OH is 1. The third kappa shape index (κ3) is 4.07. The molecule has 0 aromatic rings. The number of likely N-dealkylation sites (N-methyl/N-ethyl adjacent to an activating group) is 1. The molecular weight excluding hydrogens is 180 g/mol. The summed E-state index contributed by atoms with van der Waals surface area (Å²) in [7, 11) is 0. The van der Waals surface area contributed by atoms with Gasteiger partial charge in [0.1, 0.15) is 0 Å². The highest BCUT2D eigenvalue weighted by Crippen LogP contribution is 2.13. The first kappa shape index (κ1) is 13.4. The van der Waals surface area contributed by atoms with Crippen LogP contribution < -0.4 is 10.6 Å². The summed E-state index contributed by atoms with van der Waals surface area (Å²) in [6.07, 6.45) is 1.50. The summed E-state index contributed by atoms with van der Waals surface area (Å²) >= 11 is 0. The first-order chi connectivity index (χ1) is 6.64. The van der Waals surface area contributed by atoms with E-state index >= 15 is 0 Å². The largest absolute Gasteiger partial charge is 0.394 e. The fraction of sp³-hybridized carbons (Fsp3) is 0.900. The van der Waals surface area contributed by atoms with Gasteiger partial charge in [-0.3, -0.25) is 4.79 Å². The maximum Gasteiger partial charge on any atom is 0.234 e. The fourth-order valence-corrected chi connectivity index (χ4v) is 1.27. The summed E-state index contributed by atoms with van der Waals surface area (Å²) in [5.74, 6) is -0.0513. The average molecular weight is 202 g/mol. The molecule has 4 heteroatoms. The van der Waals surface area contributed by atoms with E-state index in [1.807, 2.05) is 20.8 Å². The Morgan fingerprint density at radius 3 is 2.21 bits per heavy atom. The van der Waals surface area contributed by atoms with Crippen LogP contribution in [0.2, 0.25) is 0 Å². The van der Waals surface area contributed by atoms with Crippen molar-refractivity contribution in [1.29, 1.82) is 0 Å². The Hall–Kier alpha value is -0.610. The summed E-state index contributed by atoms with van der Waals surface area (Å²) in [6.45, 7) is 6.97. The van der Waals surface area contributed by atoms with Crippen molar-refractivity contribution in [2.24, 2.45) is 0 Å². The normalized spacial score (nSPS) is 11.4. The first-order valence-electron chi connectivity index (χ1n) is 5.26. The summed E-state index contributed by atoms with van der Waals surface area (Å²) in [4.78, 5) is 11.4. The van der Waals surface area contributed by atoms with Crippen molar-refractivity contribution in [1.82, 2.24) is 10.6 Å². The Labute approximate surface area is 86.1 Å². The lowest BCUT2D eigenvalue weighted by Crippen LogP contribution is -2.52. The van der Waals surface area contributed by atoms with E-state index in [0.29, 0.717) is 6.54 Å². The monoisotopic (exact) mass is 202 g/mol. The van der Waals surface area contributed by atoms with Crippen LogP contribution in [0.4, 0.5) is 0 Å². The smallest absolute Gasteiger partial charge is 0.234 e. The van der Waals surface area contributed by atoms with E-state index in [0.717, 1.165) is 19.4 Å². The van der Waals surface area contributed by atoms with E-state index in [1.165, 1.54) is 0 Å². The number of hydrogen-bond donors (Lipinski definition) is 3. The van der Waals surface area contributed by atoms with Crippen LogP contribution in [-0.4, -0.2) is 36.2 Å². The Morgan fingerprint density at radius 2 is 1.86 bits per heavy atom. The number of amides is 1. The first-order valence-corrected chi connectivity index (χ1v) is 5.26. The molecule has 0 heterocycles. The maximum absolute atomic E-state index is 11.4. The molecule has 0 fully saturated rings. The SMILES string of the molecule is CCNCC(=O)NC(CC)(CC)CO. The standard InChI is InChI=1S/C10H22N2O2/c1-4-10(5-2,8-13)12-9(14)7-11-6-3/h11,13H,4-8H2,1-3H3,(H,12,14). The molecule has 0 atom stereocenters. The van der Waals surface area contributed by atoms with Crippen LogP contribution in [0.15, 0.2) is 0 Å². The van der Waals surface area contributed by atoms with Crippen molar-refractivity contribution in [2.45, 2.75) is 39.2 Å². The lowest BCUT2D eigenvalue weighted by molar-refractivity contribution is -0.122. The third-order valence-corrected chi connectivity index (χ3v) is 2.60. The molecule has 14 heavy (non-hydrogen) atoms. The number of carbonyl (C=O) groups is 1. The van der Waals surface area contributed by atoms with Crippen LogP contribution >= 0.6 is 0 Å². The minimum Gasteiger partial charge on any atom is -0.394 e. The van der Waals surface area contributed by atoms with E-state index < -0.39 is 5.54 Å². The van der Waals surface area contributed by atoms with Crippen molar-refractivity contribution < 1.29 is 9.90 Å². The number of carbonyl (C=O) groups excluding carboxylic acids is 1. The minimum atomic E-state index is -0.438.